The Morgan fingerprint density at radius 2 is 2.25 bits per heavy atom. The standard InChI is InChI=1S/C5H13NO2/c1-6-4-5(8)2-3-7/h5-8H,2-4H2,1H3. The van der Waals surface area contributed by atoms with E-state index in [0.717, 1.165) is 0 Å². The van der Waals surface area contributed by atoms with Crippen LogP contribution in [-0.2, 0) is 0 Å². The Morgan fingerprint density at radius 3 is 2.62 bits per heavy atom. The molecule has 0 fully saturated rings. The number of hydrogen-bond donors (Lipinski definition) is 3. The molecular weight excluding hydrogens is 106 g/mol. The topological polar surface area (TPSA) is 52.5 Å². The van der Waals surface area contributed by atoms with Gasteiger partial charge in [0.25, 0.3) is 0 Å². The number of aliphatic hydroxyl groups is 2. The highest BCUT2D eigenvalue weighted by atomic mass is 16.3. The minimum atomic E-state index is -0.398. The Labute approximate surface area is 49.3 Å². The van der Waals surface area contributed by atoms with E-state index in [9.17, 15) is 0 Å². The number of rotatable bonds is 4. The maximum absolute atomic E-state index is 8.83. The molecule has 0 saturated carbocycles. The first-order chi connectivity index (χ1) is 3.81. The van der Waals surface area contributed by atoms with Gasteiger partial charge >= 0.3 is 0 Å². The summed E-state index contributed by atoms with van der Waals surface area (Å²) in [7, 11) is 1.76. The van der Waals surface area contributed by atoms with Crippen molar-refractivity contribution < 1.29 is 10.2 Å². The van der Waals surface area contributed by atoms with E-state index in [0.29, 0.717) is 13.0 Å². The zero-order chi connectivity index (χ0) is 6.41. The van der Waals surface area contributed by atoms with Gasteiger partial charge in [0.15, 0.2) is 0 Å². The summed E-state index contributed by atoms with van der Waals surface area (Å²) in [4.78, 5) is 0. The second kappa shape index (κ2) is 5.03. The molecule has 3 N–H and O–H groups in total. The van der Waals surface area contributed by atoms with Gasteiger partial charge in [-0.2, -0.15) is 0 Å². The van der Waals surface area contributed by atoms with E-state index in [2.05, 4.69) is 5.32 Å². The Balaban J connectivity index is 2.92. The quantitative estimate of drug-likeness (QED) is 0.442. The third-order valence-corrected chi connectivity index (χ3v) is 0.902. The molecule has 0 aliphatic rings. The molecule has 0 bridgehead atoms. The zero-order valence-electron chi connectivity index (χ0n) is 5.09. The molecule has 1 atom stereocenters. The van der Waals surface area contributed by atoms with Crippen LogP contribution >= 0.6 is 0 Å². The summed E-state index contributed by atoms with van der Waals surface area (Å²) in [5, 5.41) is 19.9. The summed E-state index contributed by atoms with van der Waals surface area (Å²) in [6.45, 7) is 0.614. The van der Waals surface area contributed by atoms with Crippen LogP contribution in [0, 0.1) is 0 Å². The first-order valence-electron chi connectivity index (χ1n) is 2.74. The van der Waals surface area contributed by atoms with Crippen molar-refractivity contribution in [1.29, 1.82) is 0 Å². The first-order valence-corrected chi connectivity index (χ1v) is 2.74. The predicted molar refractivity (Wildman–Crippen MR) is 31.6 cm³/mol. The highest BCUT2D eigenvalue weighted by Crippen LogP contribution is 1.85. The number of aliphatic hydroxyl groups excluding tert-OH is 2. The molecule has 50 valence electrons. The van der Waals surface area contributed by atoms with Crippen molar-refractivity contribution in [3.8, 4) is 0 Å². The van der Waals surface area contributed by atoms with E-state index < -0.39 is 6.10 Å². The van der Waals surface area contributed by atoms with Crippen molar-refractivity contribution in [2.24, 2.45) is 0 Å². The molecule has 1 unspecified atom stereocenters. The van der Waals surface area contributed by atoms with Crippen LogP contribution in [0.5, 0.6) is 0 Å². The minimum Gasteiger partial charge on any atom is -0.396 e. The van der Waals surface area contributed by atoms with Gasteiger partial charge in [-0.3, -0.25) is 0 Å². The molecule has 0 spiro atoms. The maximum atomic E-state index is 8.83. The Morgan fingerprint density at radius 1 is 1.62 bits per heavy atom. The highest BCUT2D eigenvalue weighted by Gasteiger charge is 1.98. The van der Waals surface area contributed by atoms with Crippen LogP contribution in [0.25, 0.3) is 0 Å². The first kappa shape index (κ1) is 7.88. The lowest BCUT2D eigenvalue weighted by molar-refractivity contribution is 0.133. The predicted octanol–water partition coefficient (Wildman–Crippen LogP) is -1.05. The minimum absolute atomic E-state index is 0.0584. The van der Waals surface area contributed by atoms with Gasteiger partial charge in [-0.1, -0.05) is 0 Å². The van der Waals surface area contributed by atoms with E-state index in [1.54, 1.807) is 7.05 Å². The van der Waals surface area contributed by atoms with Crippen LogP contribution in [0.15, 0.2) is 0 Å². The smallest absolute Gasteiger partial charge is 0.0686 e. The molecule has 0 rings (SSSR count). The molecule has 0 amide bonds. The number of hydrogen-bond acceptors (Lipinski definition) is 3. The van der Waals surface area contributed by atoms with Crippen LogP contribution in [-0.4, -0.2) is 36.5 Å². The van der Waals surface area contributed by atoms with E-state index in [1.165, 1.54) is 0 Å². The summed E-state index contributed by atoms with van der Waals surface area (Å²) >= 11 is 0. The molecule has 0 aromatic rings. The van der Waals surface area contributed by atoms with Crippen molar-refractivity contribution in [2.75, 3.05) is 20.2 Å². The fourth-order valence-electron chi connectivity index (χ4n) is 0.487. The van der Waals surface area contributed by atoms with Crippen LogP contribution < -0.4 is 5.32 Å². The van der Waals surface area contributed by atoms with Gasteiger partial charge in [-0.15, -0.1) is 0 Å². The zero-order valence-corrected chi connectivity index (χ0v) is 5.09. The summed E-state index contributed by atoms with van der Waals surface area (Å²) in [6, 6.07) is 0. The SMILES string of the molecule is CNCC(O)CCO. The van der Waals surface area contributed by atoms with Crippen molar-refractivity contribution in [3.63, 3.8) is 0 Å². The van der Waals surface area contributed by atoms with Gasteiger partial charge < -0.3 is 15.5 Å². The molecule has 0 aliphatic heterocycles. The second-order valence-electron chi connectivity index (χ2n) is 1.72. The van der Waals surface area contributed by atoms with Gasteiger partial charge in [-0.05, 0) is 13.5 Å². The van der Waals surface area contributed by atoms with E-state index in [-0.39, 0.29) is 6.61 Å². The van der Waals surface area contributed by atoms with Gasteiger partial charge in [0.2, 0.25) is 0 Å². The van der Waals surface area contributed by atoms with Gasteiger partial charge in [0.1, 0.15) is 0 Å². The molecule has 8 heavy (non-hydrogen) atoms. The molecule has 3 nitrogen and oxygen atoms in total. The van der Waals surface area contributed by atoms with Crippen molar-refractivity contribution in [1.82, 2.24) is 5.32 Å². The van der Waals surface area contributed by atoms with Crippen LogP contribution in [0.2, 0.25) is 0 Å². The number of nitrogens with one attached hydrogen (secondary N) is 1. The Hall–Kier alpha value is -0.120. The van der Waals surface area contributed by atoms with Crippen molar-refractivity contribution in [3.05, 3.63) is 0 Å². The third kappa shape index (κ3) is 4.05. The lowest BCUT2D eigenvalue weighted by Gasteiger charge is -2.05. The second-order valence-corrected chi connectivity index (χ2v) is 1.72. The van der Waals surface area contributed by atoms with Crippen LogP contribution in [0.4, 0.5) is 0 Å². The lowest BCUT2D eigenvalue weighted by atomic mass is 10.3. The average Bonchev–Trinajstić information content (AvgIpc) is 1.68. The normalized spacial score (nSPS) is 13.9. The van der Waals surface area contributed by atoms with Crippen LogP contribution in [0.1, 0.15) is 6.42 Å². The van der Waals surface area contributed by atoms with E-state index in [4.69, 9.17) is 10.2 Å². The largest absolute Gasteiger partial charge is 0.396 e. The fourth-order valence-corrected chi connectivity index (χ4v) is 0.487. The van der Waals surface area contributed by atoms with Crippen molar-refractivity contribution in [2.45, 2.75) is 12.5 Å². The van der Waals surface area contributed by atoms with Gasteiger partial charge in [0.05, 0.1) is 6.10 Å². The molecule has 0 aromatic carbocycles. The van der Waals surface area contributed by atoms with Gasteiger partial charge in [-0.25, -0.2) is 0 Å². The monoisotopic (exact) mass is 119 g/mol. The summed E-state index contributed by atoms with van der Waals surface area (Å²) in [5.74, 6) is 0. The van der Waals surface area contributed by atoms with Crippen molar-refractivity contribution >= 4 is 0 Å². The van der Waals surface area contributed by atoms with Crippen LogP contribution in [0.3, 0.4) is 0 Å². The third-order valence-electron chi connectivity index (χ3n) is 0.902. The summed E-state index contributed by atoms with van der Waals surface area (Å²) in [5.41, 5.74) is 0. The van der Waals surface area contributed by atoms with E-state index >= 15 is 0 Å². The Kier molecular flexibility index (Phi) is 4.95. The molecule has 0 heterocycles. The molecule has 3 heteroatoms. The molecule has 0 aliphatic carbocycles. The average molecular weight is 119 g/mol. The number of likely N-dealkylation sites (N-methyl/N-ethyl adjacent to an activating group) is 1. The maximum Gasteiger partial charge on any atom is 0.0686 e. The fraction of sp³-hybridized carbons (Fsp3) is 1.00. The highest BCUT2D eigenvalue weighted by molar-refractivity contribution is 4.54. The molecular formula is C5H13NO2. The molecule has 0 saturated heterocycles. The van der Waals surface area contributed by atoms with E-state index in [1.807, 2.05) is 0 Å². The summed E-state index contributed by atoms with van der Waals surface area (Å²) in [6.07, 6.45) is 0.0610. The molecule has 0 aromatic heterocycles. The Bertz CT molecular complexity index is 43.7. The van der Waals surface area contributed by atoms with Gasteiger partial charge in [0, 0.05) is 13.2 Å². The summed E-state index contributed by atoms with van der Waals surface area (Å²) < 4.78 is 0. The molecule has 0 radical (unpaired) electrons. The lowest BCUT2D eigenvalue weighted by Crippen LogP contribution is -2.24.